The Balaban J connectivity index is 2.44. The van der Waals surface area contributed by atoms with E-state index in [0.717, 1.165) is 0 Å². The Morgan fingerprint density at radius 3 is 1.46 bits per heavy atom. The van der Waals surface area contributed by atoms with Gasteiger partial charge < -0.3 is 19.7 Å². The van der Waals surface area contributed by atoms with Crippen molar-refractivity contribution in [3.63, 3.8) is 0 Å². The summed E-state index contributed by atoms with van der Waals surface area (Å²) in [4.78, 5) is 21.2. The summed E-state index contributed by atoms with van der Waals surface area (Å²) < 4.78 is 10.2. The van der Waals surface area contributed by atoms with Gasteiger partial charge in [0.05, 0.1) is 23.1 Å². The van der Waals surface area contributed by atoms with Crippen LogP contribution in [0.2, 0.25) is 0 Å². The number of aliphatic hydroxyl groups is 2. The molecule has 2 aromatic rings. The van der Waals surface area contributed by atoms with E-state index in [9.17, 15) is 20.2 Å². The highest BCUT2D eigenvalue weighted by molar-refractivity contribution is 5.72. The van der Waals surface area contributed by atoms with Gasteiger partial charge in [-0.15, -0.1) is 0 Å². The molecule has 0 bridgehead atoms. The van der Waals surface area contributed by atoms with Gasteiger partial charge >= 0.3 is 11.4 Å². The van der Waals surface area contributed by atoms with Crippen LogP contribution >= 0.6 is 0 Å². The first-order chi connectivity index (χ1) is 12.5. The lowest BCUT2D eigenvalue weighted by molar-refractivity contribution is -0.386. The molecule has 0 spiro atoms. The molecule has 2 aromatic carbocycles. The predicted octanol–water partition coefficient (Wildman–Crippen LogP) is 1.91. The maximum absolute atomic E-state index is 11.2. The number of aliphatic hydroxyl groups excluding tert-OH is 2. The summed E-state index contributed by atoms with van der Waals surface area (Å²) in [5.41, 5.74) is 0.119. The summed E-state index contributed by atoms with van der Waals surface area (Å²) >= 11 is 0. The van der Waals surface area contributed by atoms with Crippen molar-refractivity contribution >= 4 is 11.4 Å². The van der Waals surface area contributed by atoms with E-state index in [-0.39, 0.29) is 49.3 Å². The first-order valence-corrected chi connectivity index (χ1v) is 7.52. The number of nitro groups is 2. The Kier molecular flexibility index (Phi) is 6.42. The Morgan fingerprint density at radius 1 is 0.769 bits per heavy atom. The predicted molar refractivity (Wildman–Crippen MR) is 90.3 cm³/mol. The van der Waals surface area contributed by atoms with Gasteiger partial charge in [-0.2, -0.15) is 0 Å². The zero-order valence-corrected chi connectivity index (χ0v) is 13.5. The molecule has 0 unspecified atom stereocenters. The van der Waals surface area contributed by atoms with Crippen molar-refractivity contribution in [3.05, 3.63) is 56.6 Å². The van der Waals surface area contributed by atoms with Crippen molar-refractivity contribution < 1.29 is 29.5 Å². The van der Waals surface area contributed by atoms with E-state index in [0.29, 0.717) is 11.1 Å². The lowest BCUT2D eigenvalue weighted by Crippen LogP contribution is -2.04. The molecule has 138 valence electrons. The zero-order valence-electron chi connectivity index (χ0n) is 13.5. The molecule has 10 heteroatoms. The average molecular weight is 364 g/mol. The molecule has 0 saturated heterocycles. The second-order valence-electron chi connectivity index (χ2n) is 5.02. The second-order valence-corrected chi connectivity index (χ2v) is 5.02. The highest BCUT2D eigenvalue weighted by atomic mass is 16.6. The number of nitrogens with zero attached hydrogens (tertiary/aromatic N) is 2. The molecule has 0 saturated carbocycles. The molecule has 0 atom stereocenters. The third kappa shape index (κ3) is 4.43. The van der Waals surface area contributed by atoms with Gasteiger partial charge in [0, 0.05) is 12.1 Å². The standard InChI is InChI=1S/C16H16N2O8/c19-5-7-25-15-3-1-11(9-13(15)17(21)22)12-2-4-16(26-8-6-20)14(10-12)18(23)24/h1-4,9-10,19-20H,5-8H2. The van der Waals surface area contributed by atoms with Crippen molar-refractivity contribution in [2.75, 3.05) is 26.4 Å². The lowest BCUT2D eigenvalue weighted by Gasteiger charge is -2.09. The van der Waals surface area contributed by atoms with E-state index in [1.54, 1.807) is 0 Å². The second kappa shape index (κ2) is 8.74. The fourth-order valence-electron chi connectivity index (χ4n) is 2.23. The molecule has 26 heavy (non-hydrogen) atoms. The van der Waals surface area contributed by atoms with E-state index in [2.05, 4.69) is 0 Å². The van der Waals surface area contributed by atoms with E-state index < -0.39 is 9.85 Å². The molecular formula is C16H16N2O8. The monoisotopic (exact) mass is 364 g/mol. The normalized spacial score (nSPS) is 10.4. The van der Waals surface area contributed by atoms with Crippen LogP contribution in [0.5, 0.6) is 11.5 Å². The minimum Gasteiger partial charge on any atom is -0.484 e. The average Bonchev–Trinajstić information content (AvgIpc) is 2.64. The highest BCUT2D eigenvalue weighted by Gasteiger charge is 2.20. The van der Waals surface area contributed by atoms with Crippen LogP contribution in [0.4, 0.5) is 11.4 Å². The van der Waals surface area contributed by atoms with Crippen LogP contribution < -0.4 is 9.47 Å². The van der Waals surface area contributed by atoms with Crippen LogP contribution in [0, 0.1) is 20.2 Å². The Morgan fingerprint density at radius 2 is 1.15 bits per heavy atom. The zero-order chi connectivity index (χ0) is 19.1. The summed E-state index contributed by atoms with van der Waals surface area (Å²) in [6, 6.07) is 8.25. The molecule has 0 heterocycles. The molecule has 0 radical (unpaired) electrons. The minimum absolute atomic E-state index is 0.00908. The van der Waals surface area contributed by atoms with Gasteiger partial charge in [-0.25, -0.2) is 0 Å². The van der Waals surface area contributed by atoms with Crippen LogP contribution in [0.25, 0.3) is 11.1 Å². The van der Waals surface area contributed by atoms with E-state index in [1.165, 1.54) is 36.4 Å². The van der Waals surface area contributed by atoms with Crippen LogP contribution in [0.1, 0.15) is 0 Å². The first kappa shape index (κ1) is 19.1. The van der Waals surface area contributed by atoms with Crippen molar-refractivity contribution in [2.24, 2.45) is 0 Å². The summed E-state index contributed by atoms with van der Waals surface area (Å²) in [6.07, 6.45) is 0. The number of hydrogen-bond acceptors (Lipinski definition) is 8. The molecule has 2 rings (SSSR count). The number of hydrogen-bond donors (Lipinski definition) is 2. The number of benzene rings is 2. The van der Waals surface area contributed by atoms with Crippen molar-refractivity contribution in [3.8, 4) is 22.6 Å². The van der Waals surface area contributed by atoms with Gasteiger partial charge in [0.25, 0.3) is 0 Å². The maximum atomic E-state index is 11.2. The fourth-order valence-corrected chi connectivity index (χ4v) is 2.23. The smallest absolute Gasteiger partial charge is 0.311 e. The molecular weight excluding hydrogens is 348 g/mol. The molecule has 0 amide bonds. The third-order valence-corrected chi connectivity index (χ3v) is 3.34. The van der Waals surface area contributed by atoms with E-state index in [1.807, 2.05) is 0 Å². The van der Waals surface area contributed by atoms with Crippen molar-refractivity contribution in [1.29, 1.82) is 0 Å². The van der Waals surface area contributed by atoms with Crippen molar-refractivity contribution in [1.82, 2.24) is 0 Å². The topological polar surface area (TPSA) is 145 Å². The number of ether oxygens (including phenoxy) is 2. The van der Waals surface area contributed by atoms with Crippen molar-refractivity contribution in [2.45, 2.75) is 0 Å². The van der Waals surface area contributed by atoms with Gasteiger partial charge in [-0.3, -0.25) is 20.2 Å². The number of rotatable bonds is 9. The van der Waals surface area contributed by atoms with E-state index in [4.69, 9.17) is 19.7 Å². The molecule has 0 aromatic heterocycles. The Bertz CT molecular complexity index is 741. The van der Waals surface area contributed by atoms with Gasteiger partial charge in [0.2, 0.25) is 0 Å². The van der Waals surface area contributed by atoms with Crippen LogP contribution in [-0.4, -0.2) is 46.5 Å². The maximum Gasteiger partial charge on any atom is 0.311 e. The molecule has 0 aliphatic heterocycles. The fraction of sp³-hybridized carbons (Fsp3) is 0.250. The summed E-state index contributed by atoms with van der Waals surface area (Å²) in [6.45, 7) is -0.772. The molecule has 0 fully saturated rings. The van der Waals surface area contributed by atoms with Crippen LogP contribution in [-0.2, 0) is 0 Å². The third-order valence-electron chi connectivity index (χ3n) is 3.34. The van der Waals surface area contributed by atoms with Crippen LogP contribution in [0.3, 0.4) is 0 Å². The largest absolute Gasteiger partial charge is 0.484 e. The van der Waals surface area contributed by atoms with Gasteiger partial charge in [0.15, 0.2) is 11.5 Å². The molecule has 0 aliphatic carbocycles. The summed E-state index contributed by atoms with van der Waals surface area (Å²) in [7, 11) is 0. The lowest BCUT2D eigenvalue weighted by atomic mass is 10.0. The summed E-state index contributed by atoms with van der Waals surface area (Å²) in [5, 5.41) is 40.0. The first-order valence-electron chi connectivity index (χ1n) is 7.52. The molecule has 2 N–H and O–H groups in total. The summed E-state index contributed by atoms with van der Waals surface area (Å²) in [5.74, 6) is -0.0182. The van der Waals surface area contributed by atoms with Gasteiger partial charge in [0.1, 0.15) is 13.2 Å². The van der Waals surface area contributed by atoms with Gasteiger partial charge in [-0.1, -0.05) is 12.1 Å². The number of nitro benzene ring substituents is 2. The quantitative estimate of drug-likeness (QED) is 0.507. The Labute approximate surface area is 147 Å². The Hall–Kier alpha value is -3.24. The molecule has 0 aliphatic rings. The van der Waals surface area contributed by atoms with Crippen LogP contribution in [0.15, 0.2) is 36.4 Å². The van der Waals surface area contributed by atoms with E-state index >= 15 is 0 Å². The van der Waals surface area contributed by atoms with Gasteiger partial charge in [-0.05, 0) is 23.3 Å². The minimum atomic E-state index is -0.636. The highest BCUT2D eigenvalue weighted by Crippen LogP contribution is 2.36. The molecule has 10 nitrogen and oxygen atoms in total. The SMILES string of the molecule is O=[N+]([O-])c1cc(-c2ccc(OCCO)c([N+](=O)[O-])c2)ccc1OCCO.